The van der Waals surface area contributed by atoms with Gasteiger partial charge < -0.3 is 15.1 Å². The molecule has 1 fully saturated rings. The van der Waals surface area contributed by atoms with Gasteiger partial charge >= 0.3 is 0 Å². The van der Waals surface area contributed by atoms with Gasteiger partial charge in [0.05, 0.1) is 15.6 Å². The Morgan fingerprint density at radius 3 is 2.33 bits per heavy atom. The predicted molar refractivity (Wildman–Crippen MR) is 108 cm³/mol. The maximum absolute atomic E-state index is 12.5. The van der Waals surface area contributed by atoms with Crippen molar-refractivity contribution in [2.45, 2.75) is 0 Å². The van der Waals surface area contributed by atoms with Gasteiger partial charge in [0, 0.05) is 43.9 Å². The molecule has 0 bridgehead atoms. The van der Waals surface area contributed by atoms with Gasteiger partial charge in [0.25, 0.3) is 11.6 Å². The van der Waals surface area contributed by atoms with Gasteiger partial charge in [-0.3, -0.25) is 14.9 Å². The van der Waals surface area contributed by atoms with Crippen molar-refractivity contribution in [2.24, 2.45) is 0 Å². The quantitative estimate of drug-likeness (QED) is 0.480. The fourth-order valence-corrected chi connectivity index (χ4v) is 3.25. The average molecular weight is 405 g/mol. The molecule has 1 aliphatic heterocycles. The van der Waals surface area contributed by atoms with Gasteiger partial charge in [-0.2, -0.15) is 0 Å². The molecule has 2 aromatic rings. The van der Waals surface area contributed by atoms with Gasteiger partial charge in [-0.25, -0.2) is 0 Å². The molecule has 1 N–H and O–H groups in total. The summed E-state index contributed by atoms with van der Waals surface area (Å²) in [6.07, 6.45) is 0. The van der Waals surface area contributed by atoms with Crippen molar-refractivity contribution in [3.63, 3.8) is 0 Å². The van der Waals surface area contributed by atoms with Crippen molar-refractivity contribution in [2.75, 3.05) is 31.5 Å². The lowest BCUT2D eigenvalue weighted by Crippen LogP contribution is -2.51. The van der Waals surface area contributed by atoms with E-state index in [1.807, 2.05) is 23.1 Å². The largest absolute Gasteiger partial charge is 0.345 e. The molecule has 0 atom stereocenters. The standard InChI is InChI=1S/C18H17ClN4O3S/c19-15-7-6-14(23(25)26)12-16(15)20-18(27)22-10-8-21(9-11-22)17(24)13-4-2-1-3-5-13/h1-7,12H,8-11H2,(H,20,27). The van der Waals surface area contributed by atoms with Crippen LogP contribution in [0.25, 0.3) is 0 Å². The third-order valence-corrected chi connectivity index (χ3v) is 4.97. The van der Waals surface area contributed by atoms with E-state index in [0.717, 1.165) is 0 Å². The van der Waals surface area contributed by atoms with E-state index in [0.29, 0.717) is 47.6 Å². The maximum Gasteiger partial charge on any atom is 0.271 e. The zero-order chi connectivity index (χ0) is 19.4. The van der Waals surface area contributed by atoms with Crippen molar-refractivity contribution in [1.82, 2.24) is 9.80 Å². The van der Waals surface area contributed by atoms with Gasteiger partial charge in [0.1, 0.15) is 0 Å². The number of piperazine rings is 1. The Hall–Kier alpha value is -2.71. The Bertz CT molecular complexity index is 870. The summed E-state index contributed by atoms with van der Waals surface area (Å²) in [5, 5.41) is 14.7. The highest BCUT2D eigenvalue weighted by Gasteiger charge is 2.23. The number of rotatable bonds is 3. The summed E-state index contributed by atoms with van der Waals surface area (Å²) >= 11 is 11.5. The third-order valence-electron chi connectivity index (χ3n) is 4.28. The lowest BCUT2D eigenvalue weighted by molar-refractivity contribution is -0.384. The number of nitro groups is 1. The van der Waals surface area contributed by atoms with Gasteiger partial charge in [0.2, 0.25) is 0 Å². The number of benzene rings is 2. The maximum atomic E-state index is 12.5. The molecule has 0 saturated carbocycles. The van der Waals surface area contributed by atoms with E-state index in [-0.39, 0.29) is 11.6 Å². The normalized spacial score (nSPS) is 14.0. The summed E-state index contributed by atoms with van der Waals surface area (Å²) in [5.74, 6) is -0.00384. The van der Waals surface area contributed by atoms with Crippen molar-refractivity contribution in [1.29, 1.82) is 0 Å². The van der Waals surface area contributed by atoms with Crippen LogP contribution in [-0.4, -0.2) is 51.9 Å². The van der Waals surface area contributed by atoms with Gasteiger partial charge in [-0.1, -0.05) is 29.8 Å². The molecule has 1 aliphatic rings. The lowest BCUT2D eigenvalue weighted by atomic mass is 10.2. The molecule has 0 aromatic heterocycles. The van der Waals surface area contributed by atoms with Crippen LogP contribution >= 0.6 is 23.8 Å². The van der Waals surface area contributed by atoms with Gasteiger partial charge in [0.15, 0.2) is 5.11 Å². The Morgan fingerprint density at radius 1 is 1.07 bits per heavy atom. The summed E-state index contributed by atoms with van der Waals surface area (Å²) in [5.41, 5.74) is 0.983. The SMILES string of the molecule is O=C(c1ccccc1)N1CCN(C(=S)Nc2cc([N+](=O)[O-])ccc2Cl)CC1. The van der Waals surface area contributed by atoms with Crippen molar-refractivity contribution < 1.29 is 9.72 Å². The molecule has 0 unspecified atom stereocenters. The number of nitrogens with one attached hydrogen (secondary N) is 1. The molecule has 1 saturated heterocycles. The molecule has 9 heteroatoms. The van der Waals surface area contributed by atoms with E-state index in [9.17, 15) is 14.9 Å². The van der Waals surface area contributed by atoms with Crippen LogP contribution in [0.4, 0.5) is 11.4 Å². The number of anilines is 1. The van der Waals surface area contributed by atoms with Crippen molar-refractivity contribution in [3.8, 4) is 0 Å². The first kappa shape index (κ1) is 19.1. The number of carbonyl (C=O) groups is 1. The molecule has 0 aliphatic carbocycles. The van der Waals surface area contributed by atoms with Crippen molar-refractivity contribution in [3.05, 3.63) is 69.2 Å². The fourth-order valence-electron chi connectivity index (χ4n) is 2.79. The molecule has 7 nitrogen and oxygen atoms in total. The zero-order valence-corrected chi connectivity index (χ0v) is 15.9. The summed E-state index contributed by atoms with van der Waals surface area (Å²) in [6.45, 7) is 2.21. The van der Waals surface area contributed by atoms with E-state index in [4.69, 9.17) is 23.8 Å². The number of thiocarbonyl (C=S) groups is 1. The molecule has 2 aromatic carbocycles. The zero-order valence-electron chi connectivity index (χ0n) is 14.3. The second-order valence-corrected chi connectivity index (χ2v) is 6.79. The van der Waals surface area contributed by atoms with Gasteiger partial charge in [-0.05, 0) is 30.4 Å². The Balaban J connectivity index is 1.60. The number of halogens is 1. The van der Waals surface area contributed by atoms with Crippen LogP contribution in [0.2, 0.25) is 5.02 Å². The Labute approximate surface area is 166 Å². The van der Waals surface area contributed by atoms with Crippen LogP contribution in [-0.2, 0) is 0 Å². The van der Waals surface area contributed by atoms with Crippen LogP contribution in [0.15, 0.2) is 48.5 Å². The summed E-state index contributed by atoms with van der Waals surface area (Å²) in [4.78, 5) is 26.6. The third kappa shape index (κ3) is 4.53. The van der Waals surface area contributed by atoms with Crippen LogP contribution in [0, 0.1) is 10.1 Å². The van der Waals surface area contributed by atoms with Crippen LogP contribution in [0.5, 0.6) is 0 Å². The summed E-state index contributed by atoms with van der Waals surface area (Å²) in [7, 11) is 0. The molecule has 140 valence electrons. The first-order valence-corrected chi connectivity index (χ1v) is 9.08. The number of carbonyl (C=O) groups excluding carboxylic acids is 1. The minimum atomic E-state index is -0.488. The predicted octanol–water partition coefficient (Wildman–Crippen LogP) is 3.40. The molecular formula is C18H17ClN4O3S. The second-order valence-electron chi connectivity index (χ2n) is 6.00. The first-order valence-electron chi connectivity index (χ1n) is 8.30. The highest BCUT2D eigenvalue weighted by atomic mass is 35.5. The molecule has 1 heterocycles. The number of hydrogen-bond donors (Lipinski definition) is 1. The minimum absolute atomic E-state index is 0.00384. The van der Waals surface area contributed by atoms with E-state index >= 15 is 0 Å². The highest BCUT2D eigenvalue weighted by molar-refractivity contribution is 7.80. The van der Waals surface area contributed by atoms with Gasteiger partial charge in [-0.15, -0.1) is 0 Å². The van der Waals surface area contributed by atoms with E-state index in [1.54, 1.807) is 17.0 Å². The van der Waals surface area contributed by atoms with Crippen LogP contribution in [0.1, 0.15) is 10.4 Å². The smallest absolute Gasteiger partial charge is 0.271 e. The summed E-state index contributed by atoms with van der Waals surface area (Å²) in [6, 6.07) is 13.3. The average Bonchev–Trinajstić information content (AvgIpc) is 2.69. The fraction of sp³-hybridized carbons (Fsp3) is 0.222. The van der Waals surface area contributed by atoms with E-state index < -0.39 is 4.92 Å². The van der Waals surface area contributed by atoms with E-state index in [2.05, 4.69) is 5.32 Å². The topological polar surface area (TPSA) is 78.7 Å². The number of amides is 1. The molecule has 1 amide bonds. The first-order chi connectivity index (χ1) is 13.0. The molecular weight excluding hydrogens is 388 g/mol. The molecule has 27 heavy (non-hydrogen) atoms. The lowest BCUT2D eigenvalue weighted by Gasteiger charge is -2.36. The molecule has 0 spiro atoms. The Kier molecular flexibility index (Phi) is 5.88. The molecule has 0 radical (unpaired) electrons. The van der Waals surface area contributed by atoms with Crippen molar-refractivity contribution >= 4 is 46.2 Å². The number of nitrogens with zero attached hydrogens (tertiary/aromatic N) is 3. The van der Waals surface area contributed by atoms with Crippen LogP contribution < -0.4 is 5.32 Å². The highest BCUT2D eigenvalue weighted by Crippen LogP contribution is 2.27. The van der Waals surface area contributed by atoms with Crippen LogP contribution in [0.3, 0.4) is 0 Å². The number of hydrogen-bond acceptors (Lipinski definition) is 4. The summed E-state index contributed by atoms with van der Waals surface area (Å²) < 4.78 is 0. The number of non-ortho nitro benzene ring substituents is 1. The molecule has 3 rings (SSSR count). The monoisotopic (exact) mass is 404 g/mol. The minimum Gasteiger partial charge on any atom is -0.345 e. The number of nitro benzene ring substituents is 1. The Morgan fingerprint density at radius 2 is 1.70 bits per heavy atom. The van der Waals surface area contributed by atoms with E-state index in [1.165, 1.54) is 18.2 Å². The second kappa shape index (κ2) is 8.32.